The minimum atomic E-state index is -1.07. The summed E-state index contributed by atoms with van der Waals surface area (Å²) in [5, 5.41) is 35.3. The third kappa shape index (κ3) is 5.37. The number of carbonyl (C=O) groups is 1. The maximum atomic E-state index is 13.6. The molecule has 0 spiro atoms. The molecule has 1 aromatic heterocycles. The topological polar surface area (TPSA) is 164 Å². The lowest BCUT2D eigenvalue weighted by Gasteiger charge is -2.44. The minimum Gasteiger partial charge on any atom is -0.508 e. The molecule has 3 aromatic rings. The van der Waals surface area contributed by atoms with E-state index >= 15 is 0 Å². The number of rotatable bonds is 5. The zero-order chi connectivity index (χ0) is 32.7. The molecule has 46 heavy (non-hydrogen) atoms. The van der Waals surface area contributed by atoms with Gasteiger partial charge >= 0.3 is 5.97 Å². The number of phenolic OH excluding ortho intramolecular Hbond substituents is 2. The highest BCUT2D eigenvalue weighted by atomic mass is 16.6. The van der Waals surface area contributed by atoms with E-state index in [2.05, 4.69) is 17.2 Å². The number of hydrogen-bond acceptors (Lipinski definition) is 10. The van der Waals surface area contributed by atoms with E-state index in [4.69, 9.17) is 19.6 Å². The van der Waals surface area contributed by atoms with Crippen molar-refractivity contribution < 1.29 is 34.0 Å². The molecule has 2 aromatic carbocycles. The average Bonchev–Trinajstić information content (AvgIpc) is 3.03. The molecule has 3 aliphatic heterocycles. The van der Waals surface area contributed by atoms with Gasteiger partial charge in [0.05, 0.1) is 11.7 Å². The Bertz CT molecular complexity index is 1960. The Morgan fingerprint density at radius 3 is 2.80 bits per heavy atom. The van der Waals surface area contributed by atoms with Gasteiger partial charge in [-0.15, -0.1) is 5.92 Å². The number of aliphatic hydroxyl groups is 1. The quantitative estimate of drug-likeness (QED) is 0.157. The Hall–Kier alpha value is -5.14. The first kappa shape index (κ1) is 30.9. The first-order chi connectivity index (χ1) is 22.0. The Balaban J connectivity index is 1.72. The van der Waals surface area contributed by atoms with E-state index < -0.39 is 41.5 Å². The second-order valence-electron chi connectivity index (χ2n) is 12.0. The van der Waals surface area contributed by atoms with Crippen molar-refractivity contribution in [1.82, 2.24) is 5.32 Å². The van der Waals surface area contributed by atoms with Crippen LogP contribution in [0.2, 0.25) is 0 Å². The normalized spacial score (nSPS) is 24.0. The summed E-state index contributed by atoms with van der Waals surface area (Å²) >= 11 is 0. The zero-order valence-electron chi connectivity index (χ0n) is 25.8. The van der Waals surface area contributed by atoms with Crippen LogP contribution in [0.4, 0.5) is 0 Å². The second-order valence-corrected chi connectivity index (χ2v) is 12.0. The van der Waals surface area contributed by atoms with Crippen molar-refractivity contribution in [3.63, 3.8) is 0 Å². The Kier molecular flexibility index (Phi) is 8.04. The number of ether oxygens (including phenoxy) is 2. The summed E-state index contributed by atoms with van der Waals surface area (Å²) in [7, 11) is 0. The molecule has 0 radical (unpaired) electrons. The summed E-state index contributed by atoms with van der Waals surface area (Å²) in [5.41, 5.74) is 7.28. The fraction of sp³-hybridized carbons (Fsp3) is 0.333. The third-order valence-electron chi connectivity index (χ3n) is 9.05. The maximum absolute atomic E-state index is 13.6. The number of allylic oxidation sites excluding steroid dienone is 3. The van der Waals surface area contributed by atoms with Gasteiger partial charge in [0.2, 0.25) is 0 Å². The lowest BCUT2D eigenvalue weighted by Crippen LogP contribution is -2.51. The Morgan fingerprint density at radius 1 is 1.28 bits per heavy atom. The molecule has 0 unspecified atom stereocenters. The van der Waals surface area contributed by atoms with Crippen molar-refractivity contribution in [2.75, 3.05) is 6.54 Å². The minimum absolute atomic E-state index is 0.00508. The van der Waals surface area contributed by atoms with E-state index in [-0.39, 0.29) is 40.4 Å². The third-order valence-corrected chi connectivity index (χ3v) is 9.05. The molecule has 10 nitrogen and oxygen atoms in total. The number of nitrogens with one attached hydrogen (secondary N) is 1. The molecule has 10 heteroatoms. The van der Waals surface area contributed by atoms with Crippen molar-refractivity contribution in [3.05, 3.63) is 98.2 Å². The van der Waals surface area contributed by atoms with E-state index in [0.717, 1.165) is 11.6 Å². The molecule has 0 saturated carbocycles. The predicted molar refractivity (Wildman–Crippen MR) is 171 cm³/mol. The average molecular weight is 625 g/mol. The predicted octanol–water partition coefficient (Wildman–Crippen LogP) is 4.26. The summed E-state index contributed by atoms with van der Waals surface area (Å²) in [6.07, 6.45) is 5.40. The molecule has 0 fully saturated rings. The number of phenols is 2. The number of esters is 1. The smallest absolute Gasteiger partial charge is 0.333 e. The van der Waals surface area contributed by atoms with Gasteiger partial charge < -0.3 is 40.3 Å². The number of aliphatic hydroxyl groups excluding tert-OH is 1. The summed E-state index contributed by atoms with van der Waals surface area (Å²) in [5.74, 6) is 5.36. The monoisotopic (exact) mass is 624 g/mol. The van der Waals surface area contributed by atoms with Crippen LogP contribution in [0.15, 0.2) is 74.7 Å². The lowest BCUT2D eigenvalue weighted by atomic mass is 9.73. The van der Waals surface area contributed by atoms with Gasteiger partial charge in [0, 0.05) is 54.5 Å². The van der Waals surface area contributed by atoms with Gasteiger partial charge in [0.25, 0.3) is 0 Å². The molecule has 0 aliphatic carbocycles. The van der Waals surface area contributed by atoms with Crippen LogP contribution in [0.25, 0.3) is 11.0 Å². The highest BCUT2D eigenvalue weighted by molar-refractivity contribution is 5.92. The number of fused-ring (bicyclic) bond motifs is 3. The fourth-order valence-corrected chi connectivity index (χ4v) is 6.45. The van der Waals surface area contributed by atoms with E-state index in [0.29, 0.717) is 47.5 Å². The van der Waals surface area contributed by atoms with Crippen molar-refractivity contribution in [1.29, 1.82) is 0 Å². The van der Waals surface area contributed by atoms with Gasteiger partial charge in [0.1, 0.15) is 52.3 Å². The van der Waals surface area contributed by atoms with Gasteiger partial charge in [0.15, 0.2) is 5.43 Å². The number of aromatic hydroxyl groups is 2. The molecule has 238 valence electrons. The van der Waals surface area contributed by atoms with Crippen molar-refractivity contribution in [2.45, 2.75) is 70.2 Å². The molecule has 4 heterocycles. The van der Waals surface area contributed by atoms with Crippen LogP contribution in [0.1, 0.15) is 67.9 Å². The summed E-state index contributed by atoms with van der Waals surface area (Å²) in [6, 6.07) is 7.95. The first-order valence-electron chi connectivity index (χ1n) is 15.2. The summed E-state index contributed by atoms with van der Waals surface area (Å²) < 4.78 is 19.1. The molecule has 6 N–H and O–H groups in total. The van der Waals surface area contributed by atoms with Crippen molar-refractivity contribution >= 4 is 16.9 Å². The second kappa shape index (κ2) is 12.0. The number of carbonyl (C=O) groups excluding carboxylic acids is 1. The van der Waals surface area contributed by atoms with Crippen LogP contribution in [0, 0.1) is 11.8 Å². The van der Waals surface area contributed by atoms with E-state index in [1.807, 2.05) is 19.1 Å². The largest absolute Gasteiger partial charge is 0.508 e. The lowest BCUT2D eigenvalue weighted by molar-refractivity contribution is -0.158. The molecule has 0 amide bonds. The molecule has 0 saturated heterocycles. The number of nitrogens with two attached hydrogens (primary N) is 1. The highest BCUT2D eigenvalue weighted by Crippen LogP contribution is 2.54. The van der Waals surface area contributed by atoms with Crippen LogP contribution in [-0.2, 0) is 22.6 Å². The number of hydrogen-bond donors (Lipinski definition) is 5. The number of dihydropyridines is 1. The van der Waals surface area contributed by atoms with Crippen LogP contribution in [-0.4, -0.2) is 39.5 Å². The highest BCUT2D eigenvalue weighted by Gasteiger charge is 2.48. The van der Waals surface area contributed by atoms with Crippen molar-refractivity contribution in [3.8, 4) is 29.1 Å². The van der Waals surface area contributed by atoms with Gasteiger partial charge in [-0.25, -0.2) is 4.79 Å². The van der Waals surface area contributed by atoms with Crippen molar-refractivity contribution in [2.24, 2.45) is 5.73 Å². The summed E-state index contributed by atoms with van der Waals surface area (Å²) in [6.45, 7) is 5.11. The van der Waals surface area contributed by atoms with Crippen LogP contribution in [0.5, 0.6) is 17.2 Å². The number of benzene rings is 2. The van der Waals surface area contributed by atoms with E-state index in [1.165, 1.54) is 0 Å². The van der Waals surface area contributed by atoms with Gasteiger partial charge in [-0.05, 0) is 50.1 Å². The first-order valence-corrected chi connectivity index (χ1v) is 15.2. The van der Waals surface area contributed by atoms with Gasteiger partial charge in [-0.2, -0.15) is 0 Å². The van der Waals surface area contributed by atoms with Crippen LogP contribution >= 0.6 is 0 Å². The Morgan fingerprint density at radius 2 is 2.09 bits per heavy atom. The van der Waals surface area contributed by atoms with Crippen LogP contribution < -0.4 is 21.2 Å². The molecular weight excluding hydrogens is 588 g/mol. The molecule has 2 bridgehead atoms. The molecular formula is C36H36N2O8. The molecule has 4 atom stereocenters. The maximum Gasteiger partial charge on any atom is 0.333 e. The molecule has 6 rings (SSSR count). The summed E-state index contributed by atoms with van der Waals surface area (Å²) in [4.78, 5) is 26.6. The molecule has 3 aliphatic rings. The standard InChI is InChI=1S/C36H36N2O8/c1-4-19(2)35(43)45-27-17-25-32(42)30-26(41)16-23(18-39)44-34(30)31-29(21-11-13-38-28(37)15-21)24(20-8-7-9-22(40)14-20)10-5-6-12-36(27,3)46-33(25)31/h4,7-9,11,14-16,24,27,29,38-40,42H,6,12-13,17-18,37H2,1-3H3/b19-4-/t24-,27-,29-,36+/m1/s1. The van der Waals surface area contributed by atoms with E-state index in [1.54, 1.807) is 44.2 Å². The van der Waals surface area contributed by atoms with Crippen LogP contribution in [0.3, 0.4) is 0 Å². The fourth-order valence-electron chi connectivity index (χ4n) is 6.45. The Labute approximate surface area is 265 Å². The van der Waals surface area contributed by atoms with Gasteiger partial charge in [-0.3, -0.25) is 4.79 Å². The zero-order valence-corrected chi connectivity index (χ0v) is 25.8. The van der Waals surface area contributed by atoms with E-state index in [9.17, 15) is 24.9 Å². The SMILES string of the molecule is C/C=C(/C)C(=O)O[C@@H]1Cc2c3c(c4oc(CO)cc(=O)c4c2O)[C@H](C2=CCNC(N)=C2)[C@@H](c2cccc(O)c2)C#CCC[C@]1(C)O3. The van der Waals surface area contributed by atoms with Gasteiger partial charge in [-0.1, -0.05) is 30.2 Å².